The van der Waals surface area contributed by atoms with Crippen LogP contribution in [0.4, 0.5) is 0 Å². The van der Waals surface area contributed by atoms with E-state index in [0.29, 0.717) is 6.42 Å². The van der Waals surface area contributed by atoms with Crippen molar-refractivity contribution in [3.63, 3.8) is 0 Å². The van der Waals surface area contributed by atoms with Crippen LogP contribution in [0.2, 0.25) is 0 Å². The van der Waals surface area contributed by atoms with E-state index >= 15 is 0 Å². The van der Waals surface area contributed by atoms with E-state index < -0.39 is 17.6 Å². The van der Waals surface area contributed by atoms with Gasteiger partial charge in [0.15, 0.2) is 0 Å². The molecule has 21 heavy (non-hydrogen) atoms. The predicted molar refractivity (Wildman–Crippen MR) is 82.8 cm³/mol. The summed E-state index contributed by atoms with van der Waals surface area (Å²) >= 11 is 1.51. The molecule has 1 aromatic heterocycles. The third-order valence-electron chi connectivity index (χ3n) is 4.03. The Kier molecular flexibility index (Phi) is 4.37. The zero-order valence-corrected chi connectivity index (χ0v) is 14.0. The zero-order valence-electron chi connectivity index (χ0n) is 13.2. The number of rotatable bonds is 4. The molecule has 6 heteroatoms. The summed E-state index contributed by atoms with van der Waals surface area (Å²) in [4.78, 5) is 31.4. The van der Waals surface area contributed by atoms with Gasteiger partial charge < -0.3 is 10.2 Å². The van der Waals surface area contributed by atoms with Crippen molar-refractivity contribution >= 4 is 23.2 Å². The summed E-state index contributed by atoms with van der Waals surface area (Å²) < 4.78 is 0. The molecule has 0 aliphatic carbocycles. The van der Waals surface area contributed by atoms with Crippen LogP contribution >= 0.6 is 11.3 Å². The molecule has 2 unspecified atom stereocenters. The molecule has 1 fully saturated rings. The van der Waals surface area contributed by atoms with Gasteiger partial charge in [-0.15, -0.1) is 11.3 Å². The molecule has 1 N–H and O–H groups in total. The fraction of sp³-hybridized carbons (Fsp3) is 0.667. The molecular formula is C15H23N3O2S. The Labute approximate surface area is 129 Å². The molecule has 1 aliphatic rings. The van der Waals surface area contributed by atoms with E-state index in [9.17, 15) is 9.59 Å². The van der Waals surface area contributed by atoms with Gasteiger partial charge >= 0.3 is 0 Å². The van der Waals surface area contributed by atoms with Crippen molar-refractivity contribution in [3.8, 4) is 0 Å². The Morgan fingerprint density at radius 1 is 1.43 bits per heavy atom. The van der Waals surface area contributed by atoms with Gasteiger partial charge in [-0.25, -0.2) is 4.98 Å². The third-order valence-corrected chi connectivity index (χ3v) is 5.11. The first-order valence-electron chi connectivity index (χ1n) is 7.34. The molecule has 0 bridgehead atoms. The number of nitrogens with zero attached hydrogens (tertiary/aromatic N) is 2. The van der Waals surface area contributed by atoms with Gasteiger partial charge in [-0.3, -0.25) is 9.59 Å². The molecule has 5 nitrogen and oxygen atoms in total. The standard InChI is InChI=1S/C15H23N3O2S/c1-6-10-12(19)17-11(9(2)3)13(20)18(10)15(4,5)14-16-7-8-21-14/h7-11H,6H2,1-5H3,(H,17,19). The smallest absolute Gasteiger partial charge is 0.246 e. The van der Waals surface area contributed by atoms with Crippen LogP contribution in [0.1, 0.15) is 46.0 Å². The summed E-state index contributed by atoms with van der Waals surface area (Å²) in [5.41, 5.74) is -0.586. The van der Waals surface area contributed by atoms with E-state index in [0.717, 1.165) is 5.01 Å². The van der Waals surface area contributed by atoms with Gasteiger partial charge in [-0.2, -0.15) is 0 Å². The van der Waals surface area contributed by atoms with E-state index in [2.05, 4.69) is 10.3 Å². The summed E-state index contributed by atoms with van der Waals surface area (Å²) in [5, 5.41) is 5.62. The minimum Gasteiger partial charge on any atom is -0.342 e. The SMILES string of the molecule is CCC1C(=O)NC(C(C)C)C(=O)N1C(C)(C)c1nccs1. The number of hydrogen-bond acceptors (Lipinski definition) is 4. The highest BCUT2D eigenvalue weighted by Gasteiger charge is 2.48. The second kappa shape index (κ2) is 5.75. The van der Waals surface area contributed by atoms with Gasteiger partial charge in [0.2, 0.25) is 11.8 Å². The topological polar surface area (TPSA) is 62.3 Å². The summed E-state index contributed by atoms with van der Waals surface area (Å²) in [6.07, 6.45) is 2.33. The number of piperazine rings is 1. The van der Waals surface area contributed by atoms with Crippen LogP contribution in [0.25, 0.3) is 0 Å². The summed E-state index contributed by atoms with van der Waals surface area (Å²) in [7, 11) is 0. The highest BCUT2D eigenvalue weighted by molar-refractivity contribution is 7.09. The molecule has 1 aliphatic heterocycles. The van der Waals surface area contributed by atoms with Crippen molar-refractivity contribution in [1.82, 2.24) is 15.2 Å². The van der Waals surface area contributed by atoms with Gasteiger partial charge in [0, 0.05) is 11.6 Å². The van der Waals surface area contributed by atoms with Gasteiger partial charge in [0.05, 0.1) is 5.54 Å². The number of amides is 2. The van der Waals surface area contributed by atoms with E-state index in [4.69, 9.17) is 0 Å². The molecule has 2 amide bonds. The first-order chi connectivity index (χ1) is 9.80. The van der Waals surface area contributed by atoms with Crippen molar-refractivity contribution in [2.75, 3.05) is 0 Å². The number of carbonyl (C=O) groups is 2. The Morgan fingerprint density at radius 2 is 2.10 bits per heavy atom. The first-order valence-corrected chi connectivity index (χ1v) is 8.22. The van der Waals surface area contributed by atoms with Crippen LogP contribution in [0, 0.1) is 5.92 Å². The minimum absolute atomic E-state index is 0.0170. The molecule has 0 radical (unpaired) electrons. The quantitative estimate of drug-likeness (QED) is 0.927. The molecule has 2 atom stereocenters. The third kappa shape index (κ3) is 2.69. The van der Waals surface area contributed by atoms with Gasteiger partial charge in [-0.1, -0.05) is 20.8 Å². The molecule has 1 aromatic rings. The molecule has 0 spiro atoms. The van der Waals surface area contributed by atoms with Crippen LogP contribution in [0.15, 0.2) is 11.6 Å². The van der Waals surface area contributed by atoms with Crippen molar-refractivity contribution < 1.29 is 9.59 Å². The van der Waals surface area contributed by atoms with Crippen molar-refractivity contribution in [3.05, 3.63) is 16.6 Å². The van der Waals surface area contributed by atoms with Crippen LogP contribution in [0.5, 0.6) is 0 Å². The lowest BCUT2D eigenvalue weighted by molar-refractivity contribution is -0.158. The van der Waals surface area contributed by atoms with Crippen LogP contribution < -0.4 is 5.32 Å². The average molecular weight is 309 g/mol. The molecule has 2 heterocycles. The van der Waals surface area contributed by atoms with Crippen LogP contribution in [-0.2, 0) is 15.1 Å². The Hall–Kier alpha value is -1.43. The van der Waals surface area contributed by atoms with Gasteiger partial charge in [0.1, 0.15) is 17.1 Å². The van der Waals surface area contributed by atoms with E-state index in [1.165, 1.54) is 11.3 Å². The molecule has 0 aromatic carbocycles. The lowest BCUT2D eigenvalue weighted by atomic mass is 9.91. The van der Waals surface area contributed by atoms with Crippen LogP contribution in [0.3, 0.4) is 0 Å². The van der Waals surface area contributed by atoms with Crippen molar-refractivity contribution in [2.45, 2.75) is 58.7 Å². The normalized spacial score (nSPS) is 23.6. The van der Waals surface area contributed by atoms with E-state index in [1.807, 2.05) is 40.0 Å². The predicted octanol–water partition coefficient (Wildman–Crippen LogP) is 2.14. The van der Waals surface area contributed by atoms with E-state index in [-0.39, 0.29) is 17.7 Å². The fourth-order valence-corrected chi connectivity index (χ4v) is 3.60. The van der Waals surface area contributed by atoms with Crippen LogP contribution in [-0.4, -0.2) is 33.8 Å². The largest absolute Gasteiger partial charge is 0.342 e. The summed E-state index contributed by atoms with van der Waals surface area (Å²) in [5.74, 6) is -0.0223. The fourth-order valence-electron chi connectivity index (χ4n) is 2.85. The van der Waals surface area contributed by atoms with Gasteiger partial charge in [0.25, 0.3) is 0 Å². The van der Waals surface area contributed by atoms with Gasteiger partial charge in [-0.05, 0) is 26.2 Å². The first kappa shape index (κ1) is 15.9. The number of nitrogens with one attached hydrogen (secondary N) is 1. The zero-order chi connectivity index (χ0) is 15.8. The van der Waals surface area contributed by atoms with E-state index in [1.54, 1.807) is 11.1 Å². The number of hydrogen-bond donors (Lipinski definition) is 1. The molecule has 2 rings (SSSR count). The molecule has 116 valence electrons. The molecular weight excluding hydrogens is 286 g/mol. The number of thiazole rings is 1. The number of carbonyl (C=O) groups excluding carboxylic acids is 2. The summed E-state index contributed by atoms with van der Waals surface area (Å²) in [6, 6.07) is -0.897. The maximum atomic E-state index is 12.9. The average Bonchev–Trinajstić information content (AvgIpc) is 2.94. The monoisotopic (exact) mass is 309 g/mol. The second-order valence-corrected chi connectivity index (χ2v) is 7.15. The lowest BCUT2D eigenvalue weighted by Gasteiger charge is -2.47. The lowest BCUT2D eigenvalue weighted by Crippen LogP contribution is -2.68. The Bertz CT molecular complexity index is 525. The molecule has 0 saturated carbocycles. The highest BCUT2D eigenvalue weighted by Crippen LogP contribution is 2.34. The molecule has 1 saturated heterocycles. The highest BCUT2D eigenvalue weighted by atomic mass is 32.1. The van der Waals surface area contributed by atoms with Crippen molar-refractivity contribution in [1.29, 1.82) is 0 Å². The second-order valence-electron chi connectivity index (χ2n) is 6.26. The van der Waals surface area contributed by atoms with Crippen molar-refractivity contribution in [2.24, 2.45) is 5.92 Å². The maximum absolute atomic E-state index is 12.9. The Balaban J connectivity index is 2.45. The Morgan fingerprint density at radius 3 is 2.57 bits per heavy atom. The summed E-state index contributed by atoms with van der Waals surface area (Å²) in [6.45, 7) is 9.75. The minimum atomic E-state index is -0.586. The maximum Gasteiger partial charge on any atom is 0.246 e. The number of aromatic nitrogens is 1.